The summed E-state index contributed by atoms with van der Waals surface area (Å²) in [5.41, 5.74) is 1.34. The standard InChI is InChI=1S/C22H18Cl2N4O2/c1-22(2,30-16-10-8-14(23)9-11-16)21(29)25-18-13-20-19(12-17(18)24)26-28(27-20)15-6-4-3-5-7-15/h3-13H,1-2H3,(H,25,29). The fourth-order valence-corrected chi connectivity index (χ4v) is 3.16. The molecule has 6 nitrogen and oxygen atoms in total. The van der Waals surface area contributed by atoms with Gasteiger partial charge in [0.25, 0.3) is 5.91 Å². The Labute approximate surface area is 183 Å². The van der Waals surface area contributed by atoms with Crippen LogP contribution in [0.5, 0.6) is 5.75 Å². The average molecular weight is 441 g/mol. The fraction of sp³-hybridized carbons (Fsp3) is 0.136. The van der Waals surface area contributed by atoms with Crippen LogP contribution in [0.4, 0.5) is 5.69 Å². The van der Waals surface area contributed by atoms with Crippen LogP contribution in [0.1, 0.15) is 13.8 Å². The molecule has 0 aliphatic heterocycles. The predicted octanol–water partition coefficient (Wildman–Crippen LogP) is 5.52. The number of nitrogens with zero attached hydrogens (tertiary/aromatic N) is 3. The van der Waals surface area contributed by atoms with Gasteiger partial charge in [-0.05, 0) is 62.4 Å². The Kier molecular flexibility index (Phi) is 5.37. The summed E-state index contributed by atoms with van der Waals surface area (Å²) < 4.78 is 5.83. The van der Waals surface area contributed by atoms with Crippen molar-refractivity contribution < 1.29 is 9.53 Å². The Hall–Kier alpha value is -3.09. The first-order chi connectivity index (χ1) is 14.3. The van der Waals surface area contributed by atoms with Crippen LogP contribution in [-0.4, -0.2) is 26.5 Å². The smallest absolute Gasteiger partial charge is 0.268 e. The number of halogens is 2. The number of fused-ring (bicyclic) bond motifs is 1. The molecule has 0 atom stereocenters. The van der Waals surface area contributed by atoms with Gasteiger partial charge in [-0.1, -0.05) is 41.4 Å². The summed E-state index contributed by atoms with van der Waals surface area (Å²) >= 11 is 12.3. The Bertz CT molecular complexity index is 1210. The fourth-order valence-electron chi connectivity index (χ4n) is 2.83. The number of para-hydroxylation sites is 1. The van der Waals surface area contributed by atoms with Crippen LogP contribution in [0, 0.1) is 0 Å². The van der Waals surface area contributed by atoms with Gasteiger partial charge in [-0.25, -0.2) is 0 Å². The van der Waals surface area contributed by atoms with E-state index in [1.165, 1.54) is 4.80 Å². The van der Waals surface area contributed by atoms with Gasteiger partial charge < -0.3 is 10.1 Å². The summed E-state index contributed by atoms with van der Waals surface area (Å²) in [4.78, 5) is 14.4. The van der Waals surface area contributed by atoms with Gasteiger partial charge in [0.15, 0.2) is 5.60 Å². The predicted molar refractivity (Wildman–Crippen MR) is 119 cm³/mol. The molecule has 0 fully saturated rings. The van der Waals surface area contributed by atoms with Crippen LogP contribution in [0.3, 0.4) is 0 Å². The molecule has 3 aromatic carbocycles. The zero-order valence-corrected chi connectivity index (χ0v) is 17.8. The molecule has 0 bridgehead atoms. The first-order valence-corrected chi connectivity index (χ1v) is 9.95. The molecule has 8 heteroatoms. The molecular formula is C22H18Cl2N4O2. The molecule has 0 saturated carbocycles. The van der Waals surface area contributed by atoms with Gasteiger partial charge >= 0.3 is 0 Å². The molecule has 1 aromatic heterocycles. The van der Waals surface area contributed by atoms with Crippen molar-refractivity contribution in [3.8, 4) is 11.4 Å². The molecule has 152 valence electrons. The Morgan fingerprint density at radius 1 is 0.967 bits per heavy atom. The molecule has 1 amide bonds. The maximum Gasteiger partial charge on any atom is 0.268 e. The second kappa shape index (κ2) is 7.97. The maximum absolute atomic E-state index is 12.9. The summed E-state index contributed by atoms with van der Waals surface area (Å²) in [5.74, 6) is 0.182. The third kappa shape index (κ3) is 4.25. The lowest BCUT2D eigenvalue weighted by Crippen LogP contribution is -2.42. The monoisotopic (exact) mass is 440 g/mol. The number of hydrogen-bond donors (Lipinski definition) is 1. The number of ether oxygens (including phenoxy) is 1. The average Bonchev–Trinajstić information content (AvgIpc) is 3.13. The van der Waals surface area contributed by atoms with Crippen molar-refractivity contribution in [2.24, 2.45) is 0 Å². The van der Waals surface area contributed by atoms with E-state index in [-0.39, 0.29) is 5.91 Å². The summed E-state index contributed by atoms with van der Waals surface area (Å²) in [6, 6.07) is 19.7. The van der Waals surface area contributed by atoms with E-state index in [1.54, 1.807) is 50.2 Å². The van der Waals surface area contributed by atoms with Crippen molar-refractivity contribution in [1.29, 1.82) is 0 Å². The number of benzene rings is 3. The molecule has 0 radical (unpaired) electrons. The van der Waals surface area contributed by atoms with Crippen molar-refractivity contribution in [2.45, 2.75) is 19.4 Å². The summed E-state index contributed by atoms with van der Waals surface area (Å²) in [6.07, 6.45) is 0. The van der Waals surface area contributed by atoms with Gasteiger partial charge in [0, 0.05) is 5.02 Å². The molecule has 0 aliphatic carbocycles. The normalized spacial score (nSPS) is 11.5. The number of carbonyl (C=O) groups excluding carboxylic acids is 1. The van der Waals surface area contributed by atoms with Gasteiger partial charge in [0.05, 0.1) is 16.4 Å². The van der Waals surface area contributed by atoms with Crippen molar-refractivity contribution >= 4 is 45.8 Å². The molecular weight excluding hydrogens is 423 g/mol. The molecule has 0 spiro atoms. The number of nitrogens with one attached hydrogen (secondary N) is 1. The van der Waals surface area contributed by atoms with E-state index in [2.05, 4.69) is 15.5 Å². The highest BCUT2D eigenvalue weighted by molar-refractivity contribution is 6.34. The molecule has 0 unspecified atom stereocenters. The molecule has 1 heterocycles. The number of carbonyl (C=O) groups is 1. The Morgan fingerprint density at radius 2 is 1.60 bits per heavy atom. The van der Waals surface area contributed by atoms with Crippen molar-refractivity contribution in [2.75, 3.05) is 5.32 Å². The van der Waals surface area contributed by atoms with E-state index >= 15 is 0 Å². The lowest BCUT2D eigenvalue weighted by atomic mass is 10.1. The van der Waals surface area contributed by atoms with Gasteiger partial charge in [-0.15, -0.1) is 10.2 Å². The van der Waals surface area contributed by atoms with Crippen LogP contribution >= 0.6 is 23.2 Å². The molecule has 30 heavy (non-hydrogen) atoms. The lowest BCUT2D eigenvalue weighted by Gasteiger charge is -2.25. The van der Waals surface area contributed by atoms with Gasteiger partial charge in [-0.2, -0.15) is 4.80 Å². The minimum atomic E-state index is -1.15. The van der Waals surface area contributed by atoms with Crippen LogP contribution in [0.15, 0.2) is 66.7 Å². The quantitative estimate of drug-likeness (QED) is 0.443. The van der Waals surface area contributed by atoms with Crippen LogP contribution < -0.4 is 10.1 Å². The van der Waals surface area contributed by atoms with Gasteiger partial charge in [0.2, 0.25) is 0 Å². The number of rotatable bonds is 5. The summed E-state index contributed by atoms with van der Waals surface area (Å²) in [7, 11) is 0. The highest BCUT2D eigenvalue weighted by Gasteiger charge is 2.30. The van der Waals surface area contributed by atoms with E-state index in [0.717, 1.165) is 5.69 Å². The minimum Gasteiger partial charge on any atom is -0.478 e. The zero-order chi connectivity index (χ0) is 21.3. The third-order valence-electron chi connectivity index (χ3n) is 4.44. The van der Waals surface area contributed by atoms with Gasteiger partial charge in [-0.3, -0.25) is 4.79 Å². The maximum atomic E-state index is 12.9. The van der Waals surface area contributed by atoms with Crippen molar-refractivity contribution in [1.82, 2.24) is 15.0 Å². The van der Waals surface area contributed by atoms with Crippen LogP contribution in [0.25, 0.3) is 16.7 Å². The Morgan fingerprint density at radius 3 is 2.27 bits per heavy atom. The minimum absolute atomic E-state index is 0.353. The van der Waals surface area contributed by atoms with E-state index in [1.807, 2.05) is 30.3 Å². The zero-order valence-electron chi connectivity index (χ0n) is 16.3. The van der Waals surface area contributed by atoms with Crippen LogP contribution in [-0.2, 0) is 4.79 Å². The number of aromatic nitrogens is 3. The Balaban J connectivity index is 1.57. The van der Waals surface area contributed by atoms with Crippen molar-refractivity contribution in [3.05, 3.63) is 76.8 Å². The van der Waals surface area contributed by atoms with E-state index in [9.17, 15) is 4.79 Å². The van der Waals surface area contributed by atoms with E-state index < -0.39 is 5.60 Å². The highest BCUT2D eigenvalue weighted by Crippen LogP contribution is 2.29. The summed E-state index contributed by atoms with van der Waals surface area (Å²) in [5, 5.41) is 12.7. The second-order valence-electron chi connectivity index (χ2n) is 7.17. The first kappa shape index (κ1) is 20.2. The van der Waals surface area contributed by atoms with Crippen molar-refractivity contribution in [3.63, 3.8) is 0 Å². The number of hydrogen-bond acceptors (Lipinski definition) is 4. The molecule has 4 aromatic rings. The van der Waals surface area contributed by atoms with Gasteiger partial charge in [0.1, 0.15) is 16.8 Å². The number of amides is 1. The molecule has 0 aliphatic rings. The van der Waals surface area contributed by atoms with Crippen LogP contribution in [0.2, 0.25) is 10.0 Å². The molecule has 0 saturated heterocycles. The van der Waals surface area contributed by atoms with E-state index in [4.69, 9.17) is 27.9 Å². The SMILES string of the molecule is CC(C)(Oc1ccc(Cl)cc1)C(=O)Nc1cc2nn(-c3ccccc3)nc2cc1Cl. The molecule has 1 N–H and O–H groups in total. The first-order valence-electron chi connectivity index (χ1n) is 9.20. The summed E-state index contributed by atoms with van der Waals surface area (Å²) in [6.45, 7) is 3.35. The lowest BCUT2D eigenvalue weighted by molar-refractivity contribution is -0.128. The second-order valence-corrected chi connectivity index (χ2v) is 8.01. The number of anilines is 1. The van der Waals surface area contributed by atoms with E-state index in [0.29, 0.717) is 32.5 Å². The topological polar surface area (TPSA) is 69.0 Å². The molecule has 4 rings (SSSR count). The largest absolute Gasteiger partial charge is 0.478 e. The highest BCUT2D eigenvalue weighted by atomic mass is 35.5. The third-order valence-corrected chi connectivity index (χ3v) is 5.00.